The van der Waals surface area contributed by atoms with E-state index in [0.29, 0.717) is 17.6 Å². The van der Waals surface area contributed by atoms with Crippen LogP contribution in [0.25, 0.3) is 0 Å². The maximum atomic E-state index is 13.1. The van der Waals surface area contributed by atoms with E-state index in [1.165, 1.54) is 12.5 Å². The Balaban J connectivity index is 2.00. The molecule has 16 heavy (non-hydrogen) atoms. The fraction of sp³-hybridized carbons (Fsp3) is 0.538. The summed E-state index contributed by atoms with van der Waals surface area (Å²) in [5.41, 5.74) is 7.62. The second-order valence-electron chi connectivity index (χ2n) is 4.73. The summed E-state index contributed by atoms with van der Waals surface area (Å²) in [5, 5.41) is 3.43. The minimum Gasteiger partial charge on any atom is -0.382 e. The lowest BCUT2D eigenvalue weighted by Gasteiger charge is -2.28. The van der Waals surface area contributed by atoms with Gasteiger partial charge in [-0.3, -0.25) is 0 Å². The lowest BCUT2D eigenvalue weighted by Crippen LogP contribution is -2.34. The number of nitrogens with two attached hydrogens (primary N) is 1. The van der Waals surface area contributed by atoms with Crippen molar-refractivity contribution in [1.29, 1.82) is 0 Å². The van der Waals surface area contributed by atoms with Crippen molar-refractivity contribution in [2.24, 2.45) is 5.73 Å². The number of benzene rings is 1. The highest BCUT2D eigenvalue weighted by molar-refractivity contribution is 5.46. The van der Waals surface area contributed by atoms with Gasteiger partial charge in [0.1, 0.15) is 5.82 Å². The van der Waals surface area contributed by atoms with E-state index in [1.54, 1.807) is 13.0 Å². The third-order valence-corrected chi connectivity index (χ3v) is 3.24. The number of hydrogen-bond acceptors (Lipinski definition) is 2. The Hall–Kier alpha value is -1.09. The maximum absolute atomic E-state index is 13.1. The minimum atomic E-state index is -0.147. The molecule has 0 saturated heterocycles. The van der Waals surface area contributed by atoms with Crippen molar-refractivity contribution in [2.75, 3.05) is 5.32 Å². The molecule has 88 valence electrons. The van der Waals surface area contributed by atoms with Gasteiger partial charge in [0.25, 0.3) is 0 Å². The predicted octanol–water partition coefficient (Wildman–Crippen LogP) is 2.82. The fourth-order valence-corrected chi connectivity index (χ4v) is 2.33. The second-order valence-corrected chi connectivity index (χ2v) is 4.73. The van der Waals surface area contributed by atoms with E-state index in [0.717, 1.165) is 24.9 Å². The van der Waals surface area contributed by atoms with E-state index in [9.17, 15) is 4.39 Å². The van der Waals surface area contributed by atoms with Crippen LogP contribution in [0.2, 0.25) is 0 Å². The summed E-state index contributed by atoms with van der Waals surface area (Å²) in [6.45, 7) is 1.78. The molecule has 1 aromatic carbocycles. The molecule has 0 spiro atoms. The first-order valence-corrected chi connectivity index (χ1v) is 5.93. The van der Waals surface area contributed by atoms with Gasteiger partial charge in [0.05, 0.1) is 0 Å². The van der Waals surface area contributed by atoms with Crippen LogP contribution in [0.5, 0.6) is 0 Å². The van der Waals surface area contributed by atoms with Gasteiger partial charge < -0.3 is 11.1 Å². The largest absolute Gasteiger partial charge is 0.382 e. The first-order chi connectivity index (χ1) is 7.65. The normalized spacial score (nSPS) is 25.4. The molecule has 0 amide bonds. The monoisotopic (exact) mass is 222 g/mol. The van der Waals surface area contributed by atoms with Crippen molar-refractivity contribution < 1.29 is 4.39 Å². The number of halogens is 1. The molecule has 2 nitrogen and oxygen atoms in total. The Labute approximate surface area is 96.0 Å². The molecule has 1 aliphatic rings. The van der Waals surface area contributed by atoms with E-state index in [-0.39, 0.29) is 5.82 Å². The van der Waals surface area contributed by atoms with Gasteiger partial charge in [-0.05, 0) is 56.4 Å². The van der Waals surface area contributed by atoms with Crippen molar-refractivity contribution in [3.63, 3.8) is 0 Å². The molecule has 0 aliphatic heterocycles. The molecule has 0 heterocycles. The van der Waals surface area contributed by atoms with Crippen LogP contribution in [-0.2, 0) is 0 Å². The Kier molecular flexibility index (Phi) is 3.44. The van der Waals surface area contributed by atoms with Gasteiger partial charge in [-0.25, -0.2) is 4.39 Å². The molecule has 3 N–H and O–H groups in total. The summed E-state index contributed by atoms with van der Waals surface area (Å²) >= 11 is 0. The Bertz CT molecular complexity index is 365. The van der Waals surface area contributed by atoms with Gasteiger partial charge in [0.2, 0.25) is 0 Å². The average Bonchev–Trinajstić information content (AvgIpc) is 2.24. The number of rotatable bonds is 2. The fourth-order valence-electron chi connectivity index (χ4n) is 2.33. The van der Waals surface area contributed by atoms with Crippen LogP contribution in [0.4, 0.5) is 10.1 Å². The Morgan fingerprint density at radius 2 is 2.19 bits per heavy atom. The molecule has 3 heteroatoms. The van der Waals surface area contributed by atoms with E-state index < -0.39 is 0 Å². The average molecular weight is 222 g/mol. The van der Waals surface area contributed by atoms with Crippen LogP contribution in [-0.4, -0.2) is 12.1 Å². The number of hydrogen-bond donors (Lipinski definition) is 2. The van der Waals surface area contributed by atoms with E-state index in [1.807, 2.05) is 6.07 Å². The molecule has 1 aliphatic carbocycles. The Morgan fingerprint density at radius 1 is 1.38 bits per heavy atom. The zero-order chi connectivity index (χ0) is 11.5. The first-order valence-electron chi connectivity index (χ1n) is 5.93. The number of nitrogens with one attached hydrogen (secondary N) is 1. The zero-order valence-electron chi connectivity index (χ0n) is 9.67. The molecule has 2 unspecified atom stereocenters. The van der Waals surface area contributed by atoms with Crippen LogP contribution in [0.3, 0.4) is 0 Å². The van der Waals surface area contributed by atoms with Gasteiger partial charge >= 0.3 is 0 Å². The topological polar surface area (TPSA) is 38.0 Å². The molecular formula is C13H19FN2. The zero-order valence-corrected chi connectivity index (χ0v) is 9.67. The summed E-state index contributed by atoms with van der Waals surface area (Å²) < 4.78 is 13.1. The third-order valence-electron chi connectivity index (χ3n) is 3.24. The summed E-state index contributed by atoms with van der Waals surface area (Å²) in [5.74, 6) is -0.147. The van der Waals surface area contributed by atoms with E-state index in [4.69, 9.17) is 5.73 Å². The third kappa shape index (κ3) is 2.73. The van der Waals surface area contributed by atoms with Gasteiger partial charge in [-0.2, -0.15) is 0 Å². The molecule has 0 radical (unpaired) electrons. The second kappa shape index (κ2) is 4.83. The summed E-state index contributed by atoms with van der Waals surface area (Å²) in [6, 6.07) is 5.92. The van der Waals surface area contributed by atoms with Crippen molar-refractivity contribution in [3.8, 4) is 0 Å². The molecule has 1 aromatic rings. The van der Waals surface area contributed by atoms with Gasteiger partial charge in [-0.15, -0.1) is 0 Å². The van der Waals surface area contributed by atoms with Crippen LogP contribution < -0.4 is 11.1 Å². The molecule has 2 atom stereocenters. The van der Waals surface area contributed by atoms with Gasteiger partial charge in [0.15, 0.2) is 0 Å². The van der Waals surface area contributed by atoms with Crippen LogP contribution in [0.15, 0.2) is 18.2 Å². The molecule has 1 saturated carbocycles. The first kappa shape index (κ1) is 11.4. The van der Waals surface area contributed by atoms with E-state index >= 15 is 0 Å². The predicted molar refractivity (Wildman–Crippen MR) is 65.0 cm³/mol. The Morgan fingerprint density at radius 3 is 2.88 bits per heavy atom. The molecule has 2 rings (SSSR count). The van der Waals surface area contributed by atoms with Crippen molar-refractivity contribution in [1.82, 2.24) is 0 Å². The highest BCUT2D eigenvalue weighted by Gasteiger charge is 2.18. The minimum absolute atomic E-state index is 0.147. The lowest BCUT2D eigenvalue weighted by molar-refractivity contribution is 0.409. The smallest absolute Gasteiger partial charge is 0.126 e. The molecule has 0 aromatic heterocycles. The van der Waals surface area contributed by atoms with Crippen molar-refractivity contribution >= 4 is 5.69 Å². The van der Waals surface area contributed by atoms with Gasteiger partial charge in [-0.1, -0.05) is 0 Å². The van der Waals surface area contributed by atoms with Crippen LogP contribution in [0, 0.1) is 12.7 Å². The van der Waals surface area contributed by atoms with E-state index in [2.05, 4.69) is 5.32 Å². The van der Waals surface area contributed by atoms with Crippen molar-refractivity contribution in [2.45, 2.75) is 44.7 Å². The highest BCUT2D eigenvalue weighted by Crippen LogP contribution is 2.22. The summed E-state index contributed by atoms with van der Waals surface area (Å²) in [4.78, 5) is 0. The molecule has 1 fully saturated rings. The summed E-state index contributed by atoms with van der Waals surface area (Å²) in [7, 11) is 0. The lowest BCUT2D eigenvalue weighted by atomic mass is 9.91. The maximum Gasteiger partial charge on any atom is 0.126 e. The van der Waals surface area contributed by atoms with Crippen molar-refractivity contribution in [3.05, 3.63) is 29.6 Å². The molecular weight excluding hydrogens is 203 g/mol. The van der Waals surface area contributed by atoms with Crippen LogP contribution in [0.1, 0.15) is 31.2 Å². The summed E-state index contributed by atoms with van der Waals surface area (Å²) in [6.07, 6.45) is 4.47. The quantitative estimate of drug-likeness (QED) is 0.807. The molecule has 0 bridgehead atoms. The number of anilines is 1. The van der Waals surface area contributed by atoms with Gasteiger partial charge in [0, 0.05) is 17.8 Å². The SMILES string of the molecule is Cc1cc(NC2CCCC(N)C2)ccc1F. The van der Waals surface area contributed by atoms with Crippen LogP contribution >= 0.6 is 0 Å². The number of aryl methyl sites for hydroxylation is 1. The standard InChI is InChI=1S/C13H19FN2/c1-9-7-12(5-6-13(9)14)16-11-4-2-3-10(15)8-11/h5-7,10-11,16H,2-4,8,15H2,1H3. The highest BCUT2D eigenvalue weighted by atomic mass is 19.1.